The van der Waals surface area contributed by atoms with E-state index in [0.717, 1.165) is 19.6 Å². The van der Waals surface area contributed by atoms with E-state index in [-0.39, 0.29) is 0 Å². The van der Waals surface area contributed by atoms with Gasteiger partial charge >= 0.3 is 0 Å². The van der Waals surface area contributed by atoms with Crippen molar-refractivity contribution >= 4 is 0 Å². The number of piperazine rings is 1. The van der Waals surface area contributed by atoms with Crippen molar-refractivity contribution < 1.29 is 0 Å². The Morgan fingerprint density at radius 3 is 2.42 bits per heavy atom. The van der Waals surface area contributed by atoms with Crippen LogP contribution in [-0.2, 0) is 0 Å². The van der Waals surface area contributed by atoms with Gasteiger partial charge in [0.05, 0.1) is 0 Å². The fourth-order valence-electron chi connectivity index (χ4n) is 1.18. The van der Waals surface area contributed by atoms with Crippen LogP contribution in [0.2, 0.25) is 0 Å². The summed E-state index contributed by atoms with van der Waals surface area (Å²) >= 11 is 0. The van der Waals surface area contributed by atoms with E-state index in [0.29, 0.717) is 6.04 Å². The number of hydrogen-bond donors (Lipinski definition) is 2. The molecular weight excluding hydrogens is 148 g/mol. The summed E-state index contributed by atoms with van der Waals surface area (Å²) in [5, 5.41) is 6.79. The van der Waals surface area contributed by atoms with Crippen LogP contribution >= 0.6 is 0 Å². The molecule has 1 atom stereocenters. The first-order chi connectivity index (χ1) is 5.84. The first-order valence-corrected chi connectivity index (χ1v) is 4.91. The van der Waals surface area contributed by atoms with Crippen molar-refractivity contribution in [1.29, 1.82) is 0 Å². The molecule has 0 aromatic rings. The summed E-state index contributed by atoms with van der Waals surface area (Å²) in [7, 11) is 0. The molecule has 0 radical (unpaired) electrons. The van der Waals surface area contributed by atoms with E-state index in [4.69, 9.17) is 0 Å². The van der Waals surface area contributed by atoms with Crippen molar-refractivity contribution in [1.82, 2.24) is 10.6 Å². The minimum absolute atomic E-state index is 0.568. The SMILES string of the molecule is C/C=C(\C)C1CNCCN1.CC. The molecule has 0 aromatic heterocycles. The molecule has 1 rings (SSSR count). The lowest BCUT2D eigenvalue weighted by Crippen LogP contribution is -2.48. The van der Waals surface area contributed by atoms with Gasteiger partial charge in [0, 0.05) is 25.7 Å². The Balaban J connectivity index is 0.000000561. The van der Waals surface area contributed by atoms with Crippen LogP contribution in [0.5, 0.6) is 0 Å². The summed E-state index contributed by atoms with van der Waals surface area (Å²) in [6.45, 7) is 11.5. The maximum absolute atomic E-state index is 3.44. The highest BCUT2D eigenvalue weighted by atomic mass is 15.1. The molecular formula is C10H22N2. The van der Waals surface area contributed by atoms with Gasteiger partial charge in [0.1, 0.15) is 0 Å². The van der Waals surface area contributed by atoms with Crippen molar-refractivity contribution in [3.8, 4) is 0 Å². The minimum atomic E-state index is 0.568. The lowest BCUT2D eigenvalue weighted by molar-refractivity contribution is 0.456. The monoisotopic (exact) mass is 170 g/mol. The normalized spacial score (nSPS) is 24.3. The average molecular weight is 170 g/mol. The van der Waals surface area contributed by atoms with E-state index in [9.17, 15) is 0 Å². The van der Waals surface area contributed by atoms with Gasteiger partial charge in [0.2, 0.25) is 0 Å². The Bertz CT molecular complexity index is 124. The number of hydrogen-bond acceptors (Lipinski definition) is 2. The molecule has 1 fully saturated rings. The quantitative estimate of drug-likeness (QED) is 0.583. The fraction of sp³-hybridized carbons (Fsp3) is 0.800. The molecule has 1 aliphatic rings. The summed E-state index contributed by atoms with van der Waals surface area (Å²) in [6.07, 6.45) is 2.17. The third-order valence-corrected chi connectivity index (χ3v) is 2.05. The molecule has 2 nitrogen and oxygen atoms in total. The summed E-state index contributed by atoms with van der Waals surface area (Å²) in [5.41, 5.74) is 1.44. The first kappa shape index (κ1) is 11.7. The van der Waals surface area contributed by atoms with Crippen LogP contribution in [0.4, 0.5) is 0 Å². The standard InChI is InChI=1S/C8H16N2.C2H6/c1-3-7(2)8-6-9-4-5-10-8;1-2/h3,8-10H,4-6H2,1-2H3;1-2H3/b7-3+;. The average Bonchev–Trinajstić information content (AvgIpc) is 2.21. The number of allylic oxidation sites excluding steroid dienone is 1. The van der Waals surface area contributed by atoms with Gasteiger partial charge in [-0.05, 0) is 13.8 Å². The van der Waals surface area contributed by atoms with Crippen molar-refractivity contribution in [2.75, 3.05) is 19.6 Å². The summed E-state index contributed by atoms with van der Waals surface area (Å²) < 4.78 is 0. The van der Waals surface area contributed by atoms with Crippen LogP contribution in [0.1, 0.15) is 27.7 Å². The van der Waals surface area contributed by atoms with Crippen molar-refractivity contribution in [2.24, 2.45) is 0 Å². The topological polar surface area (TPSA) is 24.1 Å². The largest absolute Gasteiger partial charge is 0.314 e. The lowest BCUT2D eigenvalue weighted by Gasteiger charge is -2.25. The number of rotatable bonds is 1. The Labute approximate surface area is 76.4 Å². The molecule has 1 aliphatic heterocycles. The van der Waals surface area contributed by atoms with Gasteiger partial charge in [0.25, 0.3) is 0 Å². The fourth-order valence-corrected chi connectivity index (χ4v) is 1.18. The maximum atomic E-state index is 3.44. The molecule has 0 aromatic carbocycles. The summed E-state index contributed by atoms with van der Waals surface area (Å²) in [4.78, 5) is 0. The molecule has 0 amide bonds. The maximum Gasteiger partial charge on any atom is 0.0403 e. The summed E-state index contributed by atoms with van der Waals surface area (Å²) in [5.74, 6) is 0. The lowest BCUT2D eigenvalue weighted by atomic mass is 10.1. The van der Waals surface area contributed by atoms with Crippen LogP contribution < -0.4 is 10.6 Å². The van der Waals surface area contributed by atoms with Crippen molar-refractivity contribution in [2.45, 2.75) is 33.7 Å². The molecule has 12 heavy (non-hydrogen) atoms. The van der Waals surface area contributed by atoms with Crippen LogP contribution in [0.3, 0.4) is 0 Å². The third kappa shape index (κ3) is 3.88. The smallest absolute Gasteiger partial charge is 0.0403 e. The second-order valence-electron chi connectivity index (χ2n) is 2.74. The van der Waals surface area contributed by atoms with E-state index < -0.39 is 0 Å². The van der Waals surface area contributed by atoms with Crippen molar-refractivity contribution in [3.63, 3.8) is 0 Å². The third-order valence-electron chi connectivity index (χ3n) is 2.05. The highest BCUT2D eigenvalue weighted by Crippen LogP contribution is 2.01. The number of nitrogens with one attached hydrogen (secondary N) is 2. The molecule has 1 unspecified atom stereocenters. The molecule has 0 aliphatic carbocycles. The van der Waals surface area contributed by atoms with Gasteiger partial charge in [-0.25, -0.2) is 0 Å². The molecule has 0 bridgehead atoms. The van der Waals surface area contributed by atoms with Crippen LogP contribution in [0.15, 0.2) is 11.6 Å². The van der Waals surface area contributed by atoms with Gasteiger partial charge in [-0.1, -0.05) is 25.5 Å². The Morgan fingerprint density at radius 1 is 1.33 bits per heavy atom. The van der Waals surface area contributed by atoms with E-state index in [2.05, 4.69) is 30.6 Å². The minimum Gasteiger partial charge on any atom is -0.314 e. The predicted octanol–water partition coefficient (Wildman–Crippen LogP) is 1.54. The Kier molecular flexibility index (Phi) is 7.11. The molecule has 2 heteroatoms. The van der Waals surface area contributed by atoms with Gasteiger partial charge in [-0.3, -0.25) is 0 Å². The van der Waals surface area contributed by atoms with Crippen molar-refractivity contribution in [3.05, 3.63) is 11.6 Å². The van der Waals surface area contributed by atoms with Gasteiger partial charge in [-0.2, -0.15) is 0 Å². The van der Waals surface area contributed by atoms with Crippen LogP contribution in [-0.4, -0.2) is 25.7 Å². The summed E-state index contributed by atoms with van der Waals surface area (Å²) in [6, 6.07) is 0.568. The molecule has 2 N–H and O–H groups in total. The zero-order chi connectivity index (χ0) is 9.40. The second-order valence-corrected chi connectivity index (χ2v) is 2.74. The van der Waals surface area contributed by atoms with E-state index >= 15 is 0 Å². The van der Waals surface area contributed by atoms with E-state index in [1.165, 1.54) is 5.57 Å². The second kappa shape index (κ2) is 7.32. The molecule has 1 saturated heterocycles. The highest BCUT2D eigenvalue weighted by molar-refractivity contribution is 5.08. The zero-order valence-corrected chi connectivity index (χ0v) is 8.78. The van der Waals surface area contributed by atoms with E-state index in [1.807, 2.05) is 13.8 Å². The molecule has 0 saturated carbocycles. The molecule has 1 heterocycles. The highest BCUT2D eigenvalue weighted by Gasteiger charge is 2.11. The molecule has 72 valence electrons. The van der Waals surface area contributed by atoms with Crippen LogP contribution in [0, 0.1) is 0 Å². The van der Waals surface area contributed by atoms with Gasteiger partial charge < -0.3 is 10.6 Å². The Hall–Kier alpha value is -0.340. The van der Waals surface area contributed by atoms with E-state index in [1.54, 1.807) is 0 Å². The Morgan fingerprint density at radius 2 is 2.00 bits per heavy atom. The van der Waals surface area contributed by atoms with Gasteiger partial charge in [-0.15, -0.1) is 0 Å². The van der Waals surface area contributed by atoms with Crippen LogP contribution in [0.25, 0.3) is 0 Å². The molecule has 0 spiro atoms. The zero-order valence-electron chi connectivity index (χ0n) is 8.78. The first-order valence-electron chi connectivity index (χ1n) is 4.91. The van der Waals surface area contributed by atoms with Gasteiger partial charge in [0.15, 0.2) is 0 Å². The predicted molar refractivity (Wildman–Crippen MR) is 55.4 cm³/mol.